The Morgan fingerprint density at radius 3 is 2.40 bits per heavy atom. The van der Waals surface area contributed by atoms with E-state index in [2.05, 4.69) is 26.1 Å². The van der Waals surface area contributed by atoms with Gasteiger partial charge in [-0.25, -0.2) is 4.98 Å². The average Bonchev–Trinajstić information content (AvgIpc) is 3.40. The number of hydrogen-bond donors (Lipinski definition) is 3. The molecule has 0 radical (unpaired) electrons. The van der Waals surface area contributed by atoms with Crippen molar-refractivity contribution in [2.75, 3.05) is 43.3 Å². The van der Waals surface area contributed by atoms with Crippen LogP contribution in [0.3, 0.4) is 0 Å². The van der Waals surface area contributed by atoms with Gasteiger partial charge in [0.1, 0.15) is 5.82 Å². The second-order valence-electron chi connectivity index (χ2n) is 12.5. The zero-order valence-corrected chi connectivity index (χ0v) is 29.5. The number of aromatic nitrogens is 3. The molecule has 1 aliphatic carbocycles. The highest BCUT2D eigenvalue weighted by atomic mass is 32.1. The molecule has 4 aromatic rings. The van der Waals surface area contributed by atoms with Crippen LogP contribution < -0.4 is 25.7 Å². The highest BCUT2D eigenvalue weighted by Gasteiger charge is 2.24. The fourth-order valence-corrected chi connectivity index (χ4v) is 7.14. The van der Waals surface area contributed by atoms with Gasteiger partial charge in [-0.15, -0.1) is 0 Å². The molecule has 1 aliphatic rings. The zero-order valence-electron chi connectivity index (χ0n) is 28.7. The Bertz CT molecular complexity index is 1850. The topological polar surface area (TPSA) is 138 Å². The molecule has 0 unspecified atom stereocenters. The minimum Gasteiger partial charge on any atom is -0.388 e. The molecule has 2 aromatic carbocycles. The molecule has 0 bridgehead atoms. The average molecular weight is 672 g/mol. The van der Waals surface area contributed by atoms with Crippen LogP contribution in [-0.4, -0.2) is 71.9 Å². The Kier molecular flexibility index (Phi) is 11.1. The third-order valence-electron chi connectivity index (χ3n) is 8.38. The number of anilines is 3. The van der Waals surface area contributed by atoms with Crippen LogP contribution in [0.15, 0.2) is 58.7 Å². The first-order valence-corrected chi connectivity index (χ1v) is 17.1. The van der Waals surface area contributed by atoms with Gasteiger partial charge < -0.3 is 30.3 Å². The Hall–Kier alpha value is -4.78. The molecule has 0 aliphatic heterocycles. The standard InChI is InChI=1S/C35H45N9O3S/c1-21(2)44-23(4)31(48-35(44)41-33(46)24-12-14-25(36-5)15-13-24)22(3)42-47-20-30(45)37-26-16-18-27(19-17-26)38-34-39-29-11-9-8-10-28(29)32(40-34)43(6)7/h8-15,21,26-27,36H,16-20H2,1-7H3,(H,37,45)(H,38,39,40)/b41-35?,42-22+. The lowest BCUT2D eigenvalue weighted by atomic mass is 9.91. The number of hydrogen-bond acceptors (Lipinski definition) is 10. The summed E-state index contributed by atoms with van der Waals surface area (Å²) in [6, 6.07) is 15.6. The first-order valence-electron chi connectivity index (χ1n) is 16.3. The van der Waals surface area contributed by atoms with Gasteiger partial charge in [-0.1, -0.05) is 28.6 Å². The summed E-state index contributed by atoms with van der Waals surface area (Å²) < 4.78 is 2.02. The molecule has 1 saturated carbocycles. The van der Waals surface area contributed by atoms with Gasteiger partial charge in [-0.05, 0) is 89.8 Å². The Morgan fingerprint density at radius 2 is 1.73 bits per heavy atom. The van der Waals surface area contributed by atoms with Crippen molar-refractivity contribution in [1.29, 1.82) is 0 Å². The summed E-state index contributed by atoms with van der Waals surface area (Å²) in [6.07, 6.45) is 3.46. The van der Waals surface area contributed by atoms with Gasteiger partial charge in [-0.2, -0.15) is 9.98 Å². The normalized spacial score (nSPS) is 17.0. The van der Waals surface area contributed by atoms with E-state index in [1.165, 1.54) is 11.3 Å². The number of rotatable bonds is 11. The first kappa shape index (κ1) is 34.6. The highest BCUT2D eigenvalue weighted by molar-refractivity contribution is 7.11. The molecule has 12 nitrogen and oxygen atoms in total. The van der Waals surface area contributed by atoms with Gasteiger partial charge in [-0.3, -0.25) is 9.59 Å². The Morgan fingerprint density at radius 1 is 1.04 bits per heavy atom. The maximum absolute atomic E-state index is 13.0. The third kappa shape index (κ3) is 8.19. The van der Waals surface area contributed by atoms with Crippen LogP contribution in [0.1, 0.15) is 73.4 Å². The number of benzene rings is 2. The predicted octanol–water partition coefficient (Wildman–Crippen LogP) is 5.51. The van der Waals surface area contributed by atoms with Crippen molar-refractivity contribution in [3.8, 4) is 0 Å². The number of para-hydroxylation sites is 1. The minimum absolute atomic E-state index is 0.0692. The molecule has 0 spiro atoms. The fraction of sp³-hybridized carbons (Fsp3) is 0.429. The van der Waals surface area contributed by atoms with Crippen LogP contribution in [0.2, 0.25) is 0 Å². The second kappa shape index (κ2) is 15.4. The summed E-state index contributed by atoms with van der Waals surface area (Å²) in [5, 5.41) is 14.9. The van der Waals surface area contributed by atoms with E-state index in [1.54, 1.807) is 12.1 Å². The number of nitrogens with one attached hydrogen (secondary N) is 3. The van der Waals surface area contributed by atoms with Gasteiger partial charge in [0.25, 0.3) is 11.8 Å². The van der Waals surface area contributed by atoms with Crippen LogP contribution in [0.25, 0.3) is 10.9 Å². The summed E-state index contributed by atoms with van der Waals surface area (Å²) in [6.45, 7) is 7.72. The van der Waals surface area contributed by atoms with Gasteiger partial charge in [0, 0.05) is 61.6 Å². The molecule has 2 amide bonds. The number of oxime groups is 1. The SMILES string of the molecule is CNc1ccc(C(=O)N=c2sc(/C(C)=N/OCC(=O)NC3CCC(Nc4nc(N(C)C)c5ccccc5n4)CC3)c(C)n2C(C)C)cc1. The summed E-state index contributed by atoms with van der Waals surface area (Å²) in [5.74, 6) is 0.987. The van der Waals surface area contributed by atoms with Gasteiger partial charge in [0.15, 0.2) is 11.4 Å². The van der Waals surface area contributed by atoms with Crippen molar-refractivity contribution in [3.05, 3.63) is 69.5 Å². The third-order valence-corrected chi connectivity index (χ3v) is 9.65. The van der Waals surface area contributed by atoms with E-state index < -0.39 is 0 Å². The van der Waals surface area contributed by atoms with Crippen molar-refractivity contribution in [3.63, 3.8) is 0 Å². The number of fused-ring (bicyclic) bond motifs is 1. The van der Waals surface area contributed by atoms with Crippen LogP contribution in [-0.2, 0) is 9.63 Å². The fourth-order valence-electron chi connectivity index (χ4n) is 5.95. The van der Waals surface area contributed by atoms with Crippen LogP contribution in [0, 0.1) is 6.92 Å². The Labute approximate surface area is 285 Å². The van der Waals surface area contributed by atoms with E-state index in [-0.39, 0.29) is 36.5 Å². The molecule has 3 N–H and O–H groups in total. The van der Waals surface area contributed by atoms with Gasteiger partial charge in [0.2, 0.25) is 5.95 Å². The molecular weight excluding hydrogens is 627 g/mol. The van der Waals surface area contributed by atoms with Crippen molar-refractivity contribution >= 4 is 57.2 Å². The quantitative estimate of drug-likeness (QED) is 0.140. The molecule has 1 fully saturated rings. The van der Waals surface area contributed by atoms with Crippen molar-refractivity contribution in [2.45, 2.75) is 71.5 Å². The summed E-state index contributed by atoms with van der Waals surface area (Å²) in [4.78, 5) is 48.6. The monoisotopic (exact) mass is 671 g/mol. The van der Waals surface area contributed by atoms with Crippen molar-refractivity contribution in [2.24, 2.45) is 10.1 Å². The van der Waals surface area contributed by atoms with Gasteiger partial charge >= 0.3 is 0 Å². The molecule has 2 heterocycles. The van der Waals surface area contributed by atoms with Gasteiger partial charge in [0.05, 0.1) is 16.1 Å². The van der Waals surface area contributed by atoms with E-state index in [1.807, 2.05) is 94.7 Å². The molecule has 5 rings (SSSR count). The zero-order chi connectivity index (χ0) is 34.4. The van der Waals surface area contributed by atoms with Crippen molar-refractivity contribution in [1.82, 2.24) is 19.9 Å². The molecule has 2 aromatic heterocycles. The molecular formula is C35H45N9O3S. The van der Waals surface area contributed by atoms with E-state index in [0.29, 0.717) is 22.0 Å². The van der Waals surface area contributed by atoms with Crippen LogP contribution in [0.5, 0.6) is 0 Å². The maximum Gasteiger partial charge on any atom is 0.279 e. The number of nitrogens with zero attached hydrogens (tertiary/aromatic N) is 6. The number of carbonyl (C=O) groups is 2. The second-order valence-corrected chi connectivity index (χ2v) is 13.5. The summed E-state index contributed by atoms with van der Waals surface area (Å²) in [5.41, 5.74) is 3.89. The van der Waals surface area contributed by atoms with E-state index in [0.717, 1.165) is 58.7 Å². The Balaban J connectivity index is 1.14. The smallest absolute Gasteiger partial charge is 0.279 e. The van der Waals surface area contributed by atoms with E-state index in [4.69, 9.17) is 14.8 Å². The molecule has 48 heavy (non-hydrogen) atoms. The first-order chi connectivity index (χ1) is 23.0. The largest absolute Gasteiger partial charge is 0.388 e. The lowest BCUT2D eigenvalue weighted by Gasteiger charge is -2.29. The number of amides is 2. The van der Waals surface area contributed by atoms with Crippen molar-refractivity contribution < 1.29 is 14.4 Å². The molecule has 0 saturated heterocycles. The lowest BCUT2D eigenvalue weighted by molar-refractivity contribution is -0.126. The van der Waals surface area contributed by atoms with Crippen LogP contribution >= 0.6 is 11.3 Å². The number of thiazole rings is 1. The summed E-state index contributed by atoms with van der Waals surface area (Å²) >= 11 is 1.38. The van der Waals surface area contributed by atoms with Crippen LogP contribution in [0.4, 0.5) is 17.5 Å². The van der Waals surface area contributed by atoms with E-state index >= 15 is 0 Å². The highest BCUT2D eigenvalue weighted by Crippen LogP contribution is 2.26. The lowest BCUT2D eigenvalue weighted by Crippen LogP contribution is -2.41. The minimum atomic E-state index is -0.312. The molecule has 0 atom stereocenters. The van der Waals surface area contributed by atoms with E-state index in [9.17, 15) is 9.59 Å². The summed E-state index contributed by atoms with van der Waals surface area (Å²) in [7, 11) is 5.80. The maximum atomic E-state index is 13.0. The predicted molar refractivity (Wildman–Crippen MR) is 193 cm³/mol. The number of carbonyl (C=O) groups excluding carboxylic acids is 2. The molecule has 254 valence electrons. The molecule has 13 heteroatoms.